The summed E-state index contributed by atoms with van der Waals surface area (Å²) in [6, 6.07) is 0. The van der Waals surface area contributed by atoms with Crippen LogP contribution in [-0.2, 0) is 0 Å². The molecule has 0 amide bonds. The Morgan fingerprint density at radius 1 is 1.38 bits per heavy atom. The highest BCUT2D eigenvalue weighted by Crippen LogP contribution is 2.53. The zero-order valence-electron chi connectivity index (χ0n) is 9.10. The molecule has 0 bridgehead atoms. The highest BCUT2D eigenvalue weighted by atomic mass is 14.9. The lowest BCUT2D eigenvalue weighted by Gasteiger charge is -2.48. The van der Waals surface area contributed by atoms with Crippen molar-refractivity contribution in [3.63, 3.8) is 0 Å². The summed E-state index contributed by atoms with van der Waals surface area (Å²) in [6.07, 6.45) is 7.42. The Hall–Kier alpha value is -0.0400. The van der Waals surface area contributed by atoms with Crippen LogP contribution in [0.4, 0.5) is 0 Å². The molecule has 1 aliphatic carbocycles. The van der Waals surface area contributed by atoms with Gasteiger partial charge in [-0.3, -0.25) is 0 Å². The minimum atomic E-state index is 0.762. The van der Waals surface area contributed by atoms with E-state index in [4.69, 9.17) is 0 Å². The molecule has 1 unspecified atom stereocenters. The summed E-state index contributed by atoms with van der Waals surface area (Å²) in [7, 11) is 0. The molecule has 2 fully saturated rings. The first-order chi connectivity index (χ1) is 6.23. The van der Waals surface area contributed by atoms with Gasteiger partial charge < -0.3 is 5.32 Å². The van der Waals surface area contributed by atoms with Crippen LogP contribution in [0.5, 0.6) is 0 Å². The molecular formula is C12H23N. The molecule has 1 nitrogen and oxygen atoms in total. The topological polar surface area (TPSA) is 12.0 Å². The largest absolute Gasteiger partial charge is 0.316 e. The predicted molar refractivity (Wildman–Crippen MR) is 56.7 cm³/mol. The Morgan fingerprint density at radius 3 is 2.54 bits per heavy atom. The van der Waals surface area contributed by atoms with E-state index >= 15 is 0 Å². The lowest BCUT2D eigenvalue weighted by Crippen LogP contribution is -2.39. The summed E-state index contributed by atoms with van der Waals surface area (Å²) in [5.41, 5.74) is 0.762. The fourth-order valence-electron chi connectivity index (χ4n) is 3.40. The van der Waals surface area contributed by atoms with E-state index in [0.29, 0.717) is 0 Å². The number of hydrogen-bond acceptors (Lipinski definition) is 1. The molecule has 0 aromatic carbocycles. The standard InChI is InChI=1S/C12H23N/c1-10(2)8-12(5-3-6-12)11-4-7-13-9-11/h10-11,13H,3-9H2,1-2H3. The molecule has 2 aliphatic rings. The fourth-order valence-corrected chi connectivity index (χ4v) is 3.40. The number of nitrogens with one attached hydrogen (secondary N) is 1. The SMILES string of the molecule is CC(C)CC1(C2CCNC2)CCC1. The first kappa shape index (κ1) is 9.51. The van der Waals surface area contributed by atoms with Crippen LogP contribution in [-0.4, -0.2) is 13.1 Å². The van der Waals surface area contributed by atoms with Crippen LogP contribution in [0, 0.1) is 17.3 Å². The zero-order chi connectivity index (χ0) is 9.31. The molecule has 0 radical (unpaired) electrons. The van der Waals surface area contributed by atoms with Crippen LogP contribution in [0.25, 0.3) is 0 Å². The molecule has 1 saturated carbocycles. The summed E-state index contributed by atoms with van der Waals surface area (Å²) >= 11 is 0. The van der Waals surface area contributed by atoms with Crippen LogP contribution >= 0.6 is 0 Å². The van der Waals surface area contributed by atoms with Gasteiger partial charge in [-0.2, -0.15) is 0 Å². The molecule has 1 atom stereocenters. The molecule has 1 saturated heterocycles. The van der Waals surface area contributed by atoms with Crippen LogP contribution in [0.15, 0.2) is 0 Å². The van der Waals surface area contributed by atoms with Crippen molar-refractivity contribution >= 4 is 0 Å². The van der Waals surface area contributed by atoms with Crippen molar-refractivity contribution in [3.05, 3.63) is 0 Å². The zero-order valence-corrected chi connectivity index (χ0v) is 9.10. The van der Waals surface area contributed by atoms with Gasteiger partial charge in [-0.1, -0.05) is 20.3 Å². The number of rotatable bonds is 3. The Kier molecular flexibility index (Phi) is 2.64. The third-order valence-electron chi connectivity index (χ3n) is 4.09. The van der Waals surface area contributed by atoms with Crippen LogP contribution in [0.3, 0.4) is 0 Å². The van der Waals surface area contributed by atoms with Crippen molar-refractivity contribution < 1.29 is 0 Å². The molecule has 0 spiro atoms. The molecule has 0 aromatic rings. The highest BCUT2D eigenvalue weighted by molar-refractivity contribution is 4.96. The van der Waals surface area contributed by atoms with Crippen molar-refractivity contribution in [3.8, 4) is 0 Å². The molecule has 1 heterocycles. The average Bonchev–Trinajstić information content (AvgIpc) is 2.48. The summed E-state index contributed by atoms with van der Waals surface area (Å²) in [6.45, 7) is 7.32. The van der Waals surface area contributed by atoms with E-state index in [2.05, 4.69) is 19.2 Å². The molecule has 1 heteroatoms. The summed E-state index contributed by atoms with van der Waals surface area (Å²) < 4.78 is 0. The van der Waals surface area contributed by atoms with Crippen LogP contribution < -0.4 is 5.32 Å². The van der Waals surface area contributed by atoms with Crippen molar-refractivity contribution in [1.29, 1.82) is 0 Å². The quantitative estimate of drug-likeness (QED) is 0.706. The molecule has 1 N–H and O–H groups in total. The minimum Gasteiger partial charge on any atom is -0.316 e. The van der Waals surface area contributed by atoms with Crippen molar-refractivity contribution in [2.24, 2.45) is 17.3 Å². The molecule has 1 aliphatic heterocycles. The first-order valence-corrected chi connectivity index (χ1v) is 5.94. The van der Waals surface area contributed by atoms with E-state index in [0.717, 1.165) is 17.3 Å². The van der Waals surface area contributed by atoms with Gasteiger partial charge in [0.15, 0.2) is 0 Å². The van der Waals surface area contributed by atoms with Crippen molar-refractivity contribution in [2.45, 2.75) is 46.0 Å². The average molecular weight is 181 g/mol. The van der Waals surface area contributed by atoms with E-state index in [1.807, 2.05) is 0 Å². The van der Waals surface area contributed by atoms with Gasteiger partial charge in [-0.25, -0.2) is 0 Å². The maximum atomic E-state index is 3.52. The second kappa shape index (κ2) is 3.61. The second-order valence-corrected chi connectivity index (χ2v) is 5.50. The van der Waals surface area contributed by atoms with Gasteiger partial charge in [0.05, 0.1) is 0 Å². The monoisotopic (exact) mass is 181 g/mol. The third kappa shape index (κ3) is 1.76. The first-order valence-electron chi connectivity index (χ1n) is 5.94. The normalized spacial score (nSPS) is 32.1. The fraction of sp³-hybridized carbons (Fsp3) is 1.00. The smallest absolute Gasteiger partial charge is 0.00147 e. The Bertz CT molecular complexity index is 164. The Labute approximate surface area is 82.3 Å². The molecule has 0 aromatic heterocycles. The van der Waals surface area contributed by atoms with E-state index < -0.39 is 0 Å². The lowest BCUT2D eigenvalue weighted by molar-refractivity contribution is 0.0339. The van der Waals surface area contributed by atoms with Gasteiger partial charge >= 0.3 is 0 Å². The summed E-state index contributed by atoms with van der Waals surface area (Å²) in [5, 5.41) is 3.52. The van der Waals surface area contributed by atoms with E-state index in [1.165, 1.54) is 45.2 Å². The van der Waals surface area contributed by atoms with Gasteiger partial charge in [0.2, 0.25) is 0 Å². The van der Waals surface area contributed by atoms with Gasteiger partial charge in [0, 0.05) is 0 Å². The lowest BCUT2D eigenvalue weighted by atomic mass is 9.57. The molecule has 76 valence electrons. The summed E-state index contributed by atoms with van der Waals surface area (Å²) in [5.74, 6) is 1.89. The maximum Gasteiger partial charge on any atom is -0.00147 e. The Balaban J connectivity index is 1.97. The maximum absolute atomic E-state index is 3.52. The minimum absolute atomic E-state index is 0.762. The second-order valence-electron chi connectivity index (χ2n) is 5.50. The van der Waals surface area contributed by atoms with Gasteiger partial charge in [-0.15, -0.1) is 0 Å². The van der Waals surface area contributed by atoms with Crippen LogP contribution in [0.1, 0.15) is 46.0 Å². The number of hydrogen-bond donors (Lipinski definition) is 1. The van der Waals surface area contributed by atoms with Gasteiger partial charge in [0.25, 0.3) is 0 Å². The van der Waals surface area contributed by atoms with Crippen molar-refractivity contribution in [2.75, 3.05) is 13.1 Å². The van der Waals surface area contributed by atoms with E-state index in [9.17, 15) is 0 Å². The predicted octanol–water partition coefficient (Wildman–Crippen LogP) is 2.81. The third-order valence-corrected chi connectivity index (χ3v) is 4.09. The van der Waals surface area contributed by atoms with Crippen molar-refractivity contribution in [1.82, 2.24) is 5.32 Å². The van der Waals surface area contributed by atoms with Crippen LogP contribution in [0.2, 0.25) is 0 Å². The van der Waals surface area contributed by atoms with Gasteiger partial charge in [0.1, 0.15) is 0 Å². The Morgan fingerprint density at radius 2 is 2.15 bits per heavy atom. The molecule has 2 rings (SSSR count). The summed E-state index contributed by atoms with van der Waals surface area (Å²) in [4.78, 5) is 0. The molecule has 13 heavy (non-hydrogen) atoms. The van der Waals surface area contributed by atoms with E-state index in [1.54, 1.807) is 0 Å². The molecular weight excluding hydrogens is 158 g/mol. The highest BCUT2D eigenvalue weighted by Gasteiger charge is 2.44. The van der Waals surface area contributed by atoms with E-state index in [-0.39, 0.29) is 0 Å². The van der Waals surface area contributed by atoms with Gasteiger partial charge in [-0.05, 0) is 56.0 Å².